The second kappa shape index (κ2) is 2.79. The molecule has 0 spiro atoms. The lowest BCUT2D eigenvalue weighted by atomic mass is 10.1. The number of hydrogen-bond donors (Lipinski definition) is 0. The Labute approximate surface area is 94.9 Å². The van der Waals surface area contributed by atoms with Crippen LogP contribution in [0.1, 0.15) is 33.6 Å². The lowest BCUT2D eigenvalue weighted by Gasteiger charge is -2.28. The highest BCUT2D eigenvalue weighted by atomic mass is 16.6. The minimum Gasteiger partial charge on any atom is -0.443 e. The zero-order valence-corrected chi connectivity index (χ0v) is 9.90. The third-order valence-electron chi connectivity index (χ3n) is 3.87. The van der Waals surface area contributed by atoms with E-state index in [1.807, 2.05) is 20.8 Å². The van der Waals surface area contributed by atoms with Crippen LogP contribution < -0.4 is 0 Å². The summed E-state index contributed by atoms with van der Waals surface area (Å²) in [6.45, 7) is 5.47. The summed E-state index contributed by atoms with van der Waals surface area (Å²) in [5, 5.41) is 0. The van der Waals surface area contributed by atoms with Gasteiger partial charge in [0.2, 0.25) is 5.91 Å². The van der Waals surface area contributed by atoms with Crippen molar-refractivity contribution in [3.8, 4) is 0 Å². The quantitative estimate of drug-likeness (QED) is 0.629. The average molecular weight is 223 g/mol. The summed E-state index contributed by atoms with van der Waals surface area (Å²) in [4.78, 5) is 25.2. The predicted molar refractivity (Wildman–Crippen MR) is 56.6 cm³/mol. The molecule has 3 rings (SSSR count). The van der Waals surface area contributed by atoms with Crippen molar-refractivity contribution < 1.29 is 14.3 Å². The normalized spacial score (nSPS) is 39.9. The number of imide groups is 1. The number of rotatable bonds is 0. The van der Waals surface area contributed by atoms with Gasteiger partial charge in [-0.3, -0.25) is 4.79 Å². The lowest BCUT2D eigenvalue weighted by molar-refractivity contribution is -0.133. The van der Waals surface area contributed by atoms with Gasteiger partial charge in [-0.15, -0.1) is 0 Å². The van der Waals surface area contributed by atoms with E-state index in [4.69, 9.17) is 4.74 Å². The Bertz CT molecular complexity index is 371. The molecule has 4 nitrogen and oxygen atoms in total. The maximum absolute atomic E-state index is 12.0. The first-order valence-corrected chi connectivity index (χ1v) is 5.94. The zero-order valence-electron chi connectivity index (χ0n) is 9.90. The zero-order chi connectivity index (χ0) is 11.7. The third kappa shape index (κ3) is 1.28. The van der Waals surface area contributed by atoms with Crippen LogP contribution in [0.25, 0.3) is 0 Å². The molecule has 0 N–H and O–H groups in total. The van der Waals surface area contributed by atoms with Crippen molar-refractivity contribution in [2.24, 2.45) is 17.8 Å². The van der Waals surface area contributed by atoms with E-state index in [0.717, 1.165) is 12.8 Å². The second-order valence-corrected chi connectivity index (χ2v) is 6.16. The molecule has 1 heterocycles. The van der Waals surface area contributed by atoms with Gasteiger partial charge in [0, 0.05) is 12.0 Å². The minimum absolute atomic E-state index is 0.00185. The van der Waals surface area contributed by atoms with Gasteiger partial charge in [-0.05, 0) is 45.4 Å². The third-order valence-corrected chi connectivity index (χ3v) is 3.87. The molecule has 1 saturated heterocycles. The van der Waals surface area contributed by atoms with Crippen LogP contribution in [0.3, 0.4) is 0 Å². The van der Waals surface area contributed by atoms with Gasteiger partial charge >= 0.3 is 6.09 Å². The Morgan fingerprint density at radius 1 is 1.31 bits per heavy atom. The Balaban J connectivity index is 1.76. The smallest absolute Gasteiger partial charge is 0.417 e. The first-order valence-electron chi connectivity index (χ1n) is 5.94. The molecule has 4 heteroatoms. The molecule has 16 heavy (non-hydrogen) atoms. The average Bonchev–Trinajstić information content (AvgIpc) is 2.74. The summed E-state index contributed by atoms with van der Waals surface area (Å²) in [7, 11) is 0. The first-order chi connectivity index (χ1) is 7.38. The second-order valence-electron chi connectivity index (χ2n) is 6.16. The number of ether oxygens (including phenoxy) is 1. The highest BCUT2D eigenvalue weighted by Crippen LogP contribution is 2.61. The number of fused-ring (bicyclic) bond motifs is 5. The van der Waals surface area contributed by atoms with Crippen LogP contribution in [-0.4, -0.2) is 28.5 Å². The fourth-order valence-electron chi connectivity index (χ4n) is 3.21. The van der Waals surface area contributed by atoms with Crippen LogP contribution in [0.4, 0.5) is 4.79 Å². The van der Waals surface area contributed by atoms with Crippen LogP contribution >= 0.6 is 0 Å². The number of amides is 2. The molecule has 2 saturated carbocycles. The van der Waals surface area contributed by atoms with E-state index < -0.39 is 11.7 Å². The Hall–Kier alpha value is -1.06. The molecule has 3 aliphatic rings. The van der Waals surface area contributed by atoms with Crippen molar-refractivity contribution in [3.63, 3.8) is 0 Å². The Morgan fingerprint density at radius 3 is 2.56 bits per heavy atom. The molecular formula is C12H17NO3. The molecule has 0 aromatic heterocycles. The highest BCUT2D eigenvalue weighted by Gasteiger charge is 2.66. The topological polar surface area (TPSA) is 46.6 Å². The van der Waals surface area contributed by atoms with Gasteiger partial charge in [0.25, 0.3) is 0 Å². The number of carbonyl (C=O) groups excluding carboxylic acids is 2. The number of likely N-dealkylation sites (tertiary alicyclic amines) is 1. The Morgan fingerprint density at radius 2 is 2.00 bits per heavy atom. The molecule has 0 radical (unpaired) electrons. The van der Waals surface area contributed by atoms with Crippen molar-refractivity contribution >= 4 is 12.0 Å². The summed E-state index contributed by atoms with van der Waals surface area (Å²) < 4.78 is 5.28. The van der Waals surface area contributed by atoms with E-state index in [0.29, 0.717) is 11.8 Å². The summed E-state index contributed by atoms with van der Waals surface area (Å²) >= 11 is 0. The molecule has 0 aromatic rings. The number of carbonyl (C=O) groups is 2. The molecule has 1 aliphatic heterocycles. The van der Waals surface area contributed by atoms with Gasteiger partial charge in [-0.25, -0.2) is 9.69 Å². The van der Waals surface area contributed by atoms with E-state index in [2.05, 4.69) is 0 Å². The van der Waals surface area contributed by atoms with Gasteiger partial charge in [-0.2, -0.15) is 0 Å². The SMILES string of the molecule is CC(C)(C)OC(=O)N1C(=O)[C@@H]2C[C@H]1[C@H]1C[C@H]12. The first kappa shape index (κ1) is 10.1. The largest absolute Gasteiger partial charge is 0.443 e. The van der Waals surface area contributed by atoms with Crippen molar-refractivity contribution in [3.05, 3.63) is 0 Å². The summed E-state index contributed by atoms with van der Waals surface area (Å²) in [5.74, 6) is 1.27. The highest BCUT2D eigenvalue weighted by molar-refractivity contribution is 5.97. The molecule has 2 amide bonds. The number of hydrogen-bond acceptors (Lipinski definition) is 3. The van der Waals surface area contributed by atoms with E-state index in [9.17, 15) is 9.59 Å². The fraction of sp³-hybridized carbons (Fsp3) is 0.833. The van der Waals surface area contributed by atoms with Crippen molar-refractivity contribution in [2.45, 2.75) is 45.3 Å². The summed E-state index contributed by atoms with van der Waals surface area (Å²) in [5.41, 5.74) is -0.526. The maximum Gasteiger partial charge on any atom is 0.417 e. The molecule has 88 valence electrons. The van der Waals surface area contributed by atoms with Crippen LogP contribution in [-0.2, 0) is 9.53 Å². The van der Waals surface area contributed by atoms with Gasteiger partial charge in [-0.1, -0.05) is 0 Å². The van der Waals surface area contributed by atoms with E-state index in [1.165, 1.54) is 4.90 Å². The van der Waals surface area contributed by atoms with Gasteiger partial charge in [0.05, 0.1) is 0 Å². The minimum atomic E-state index is -0.526. The Kier molecular flexibility index (Phi) is 1.76. The maximum atomic E-state index is 12.0. The van der Waals surface area contributed by atoms with Crippen LogP contribution in [0.15, 0.2) is 0 Å². The van der Waals surface area contributed by atoms with Crippen molar-refractivity contribution in [1.29, 1.82) is 0 Å². The van der Waals surface area contributed by atoms with E-state index in [1.54, 1.807) is 0 Å². The van der Waals surface area contributed by atoms with Crippen molar-refractivity contribution in [2.75, 3.05) is 0 Å². The molecule has 3 fully saturated rings. The standard InChI is InChI=1S/C12H17NO3/c1-12(2,3)16-11(15)13-9-5-8(10(13)14)6-4-7(6)9/h6-9H,4-5H2,1-3H3/t6-,7+,8-,9+/m1/s1. The monoisotopic (exact) mass is 223 g/mol. The predicted octanol–water partition coefficient (Wildman–Crippen LogP) is 1.79. The van der Waals surface area contributed by atoms with Crippen LogP contribution in [0.2, 0.25) is 0 Å². The van der Waals surface area contributed by atoms with Gasteiger partial charge in [0.15, 0.2) is 0 Å². The summed E-state index contributed by atoms with van der Waals surface area (Å²) in [6, 6.07) is 0.136. The molecule has 4 atom stereocenters. The molecular weight excluding hydrogens is 206 g/mol. The fourth-order valence-corrected chi connectivity index (χ4v) is 3.21. The van der Waals surface area contributed by atoms with Crippen LogP contribution in [0, 0.1) is 17.8 Å². The van der Waals surface area contributed by atoms with E-state index >= 15 is 0 Å². The van der Waals surface area contributed by atoms with Crippen molar-refractivity contribution in [1.82, 2.24) is 4.90 Å². The lowest BCUT2D eigenvalue weighted by Crippen LogP contribution is -2.45. The molecule has 2 aliphatic carbocycles. The van der Waals surface area contributed by atoms with E-state index in [-0.39, 0.29) is 17.9 Å². The molecule has 2 bridgehead atoms. The van der Waals surface area contributed by atoms with Crippen LogP contribution in [0.5, 0.6) is 0 Å². The van der Waals surface area contributed by atoms with Gasteiger partial charge < -0.3 is 4.74 Å². The van der Waals surface area contributed by atoms with Gasteiger partial charge in [0.1, 0.15) is 5.60 Å². The molecule has 0 aromatic carbocycles. The summed E-state index contributed by atoms with van der Waals surface area (Å²) in [6.07, 6.45) is 1.55. The number of nitrogens with zero attached hydrogens (tertiary/aromatic N) is 1. The number of piperidine rings is 1. The molecule has 0 unspecified atom stereocenters.